The Morgan fingerprint density at radius 3 is 2.80 bits per heavy atom. The molecular formula is C9H10BrF2N3. The van der Waals surface area contributed by atoms with E-state index in [1.807, 2.05) is 0 Å². The number of anilines is 1. The molecule has 0 radical (unpaired) electrons. The van der Waals surface area contributed by atoms with Crippen molar-refractivity contribution >= 4 is 21.7 Å². The number of rotatable bonds is 2. The van der Waals surface area contributed by atoms with Crippen LogP contribution in [0.5, 0.6) is 0 Å². The van der Waals surface area contributed by atoms with Crippen LogP contribution in [0.1, 0.15) is 18.7 Å². The summed E-state index contributed by atoms with van der Waals surface area (Å²) in [6.45, 7) is 1.76. The Hall–Kier alpha value is -0.780. The van der Waals surface area contributed by atoms with Crippen LogP contribution in [-0.2, 0) is 0 Å². The van der Waals surface area contributed by atoms with Gasteiger partial charge >= 0.3 is 0 Å². The summed E-state index contributed by atoms with van der Waals surface area (Å²) >= 11 is 3.27. The molecule has 82 valence electrons. The van der Waals surface area contributed by atoms with Gasteiger partial charge < -0.3 is 5.32 Å². The minimum absolute atomic E-state index is 0.123. The maximum absolute atomic E-state index is 12.6. The molecule has 0 spiro atoms. The quantitative estimate of drug-likeness (QED) is 0.903. The molecule has 15 heavy (non-hydrogen) atoms. The molecule has 3 nitrogen and oxygen atoms in total. The van der Waals surface area contributed by atoms with Crippen molar-refractivity contribution in [3.05, 3.63) is 16.5 Å². The minimum Gasteiger partial charge on any atom is -0.366 e. The van der Waals surface area contributed by atoms with Crippen molar-refractivity contribution in [3.8, 4) is 0 Å². The van der Waals surface area contributed by atoms with Crippen LogP contribution in [0.3, 0.4) is 0 Å². The van der Waals surface area contributed by atoms with Gasteiger partial charge in [0, 0.05) is 25.1 Å². The lowest BCUT2D eigenvalue weighted by Crippen LogP contribution is -2.44. The van der Waals surface area contributed by atoms with Gasteiger partial charge in [0.05, 0.1) is 4.47 Å². The van der Waals surface area contributed by atoms with E-state index < -0.39 is 5.92 Å². The van der Waals surface area contributed by atoms with Crippen molar-refractivity contribution in [3.63, 3.8) is 0 Å². The maximum atomic E-state index is 12.6. The summed E-state index contributed by atoms with van der Waals surface area (Å²) in [7, 11) is 0. The predicted octanol–water partition coefficient (Wildman–Crippen LogP) is 2.76. The van der Waals surface area contributed by atoms with Gasteiger partial charge in [-0.1, -0.05) is 0 Å². The van der Waals surface area contributed by atoms with Gasteiger partial charge in [0.2, 0.25) is 0 Å². The monoisotopic (exact) mass is 277 g/mol. The first-order valence-corrected chi connectivity index (χ1v) is 5.39. The van der Waals surface area contributed by atoms with E-state index in [1.165, 1.54) is 0 Å². The summed E-state index contributed by atoms with van der Waals surface area (Å²) in [5.74, 6) is -1.30. The van der Waals surface area contributed by atoms with Crippen molar-refractivity contribution < 1.29 is 8.78 Å². The van der Waals surface area contributed by atoms with Gasteiger partial charge in [-0.25, -0.2) is 18.7 Å². The van der Waals surface area contributed by atoms with E-state index in [0.717, 1.165) is 0 Å². The van der Waals surface area contributed by atoms with Crippen LogP contribution in [0.2, 0.25) is 0 Å². The van der Waals surface area contributed by atoms with E-state index in [-0.39, 0.29) is 18.9 Å². The second-order valence-corrected chi connectivity index (χ2v) is 4.57. The first kappa shape index (κ1) is 10.7. The molecule has 1 N–H and O–H groups in total. The Morgan fingerprint density at radius 1 is 1.53 bits per heavy atom. The van der Waals surface area contributed by atoms with Crippen molar-refractivity contribution in [2.75, 3.05) is 5.32 Å². The van der Waals surface area contributed by atoms with E-state index in [4.69, 9.17) is 0 Å². The van der Waals surface area contributed by atoms with Crippen LogP contribution in [0.4, 0.5) is 14.6 Å². The summed E-state index contributed by atoms with van der Waals surface area (Å²) < 4.78 is 25.9. The molecule has 1 saturated carbocycles. The summed E-state index contributed by atoms with van der Waals surface area (Å²) in [4.78, 5) is 8.10. The lowest BCUT2D eigenvalue weighted by atomic mass is 9.88. The van der Waals surface area contributed by atoms with Crippen LogP contribution >= 0.6 is 15.9 Å². The predicted molar refractivity (Wildman–Crippen MR) is 56.1 cm³/mol. The average Bonchev–Trinajstić information content (AvgIpc) is 2.08. The Balaban J connectivity index is 2.03. The number of alkyl halides is 2. The van der Waals surface area contributed by atoms with Crippen molar-refractivity contribution in [1.82, 2.24) is 9.97 Å². The van der Waals surface area contributed by atoms with Crippen LogP contribution in [-0.4, -0.2) is 21.9 Å². The number of hydrogen-bond donors (Lipinski definition) is 1. The van der Waals surface area contributed by atoms with Crippen molar-refractivity contribution in [2.45, 2.75) is 31.7 Å². The third-order valence-corrected chi connectivity index (χ3v) is 2.88. The highest BCUT2D eigenvalue weighted by molar-refractivity contribution is 9.10. The number of nitrogens with zero attached hydrogens (tertiary/aromatic N) is 2. The highest BCUT2D eigenvalue weighted by Crippen LogP contribution is 2.39. The van der Waals surface area contributed by atoms with Crippen LogP contribution < -0.4 is 5.32 Å². The largest absolute Gasteiger partial charge is 0.366 e. The molecule has 1 aromatic rings. The Bertz CT molecular complexity index is 376. The van der Waals surface area contributed by atoms with Gasteiger partial charge in [-0.3, -0.25) is 0 Å². The third-order valence-electron chi connectivity index (χ3n) is 2.30. The van der Waals surface area contributed by atoms with Gasteiger partial charge in [0.1, 0.15) is 11.6 Å². The molecule has 1 heterocycles. The number of halogens is 3. The minimum atomic E-state index is -2.51. The highest BCUT2D eigenvalue weighted by Gasteiger charge is 2.45. The third kappa shape index (κ3) is 2.42. The zero-order valence-electron chi connectivity index (χ0n) is 8.10. The zero-order chi connectivity index (χ0) is 11.1. The maximum Gasteiger partial charge on any atom is 0.252 e. The molecule has 1 aliphatic carbocycles. The van der Waals surface area contributed by atoms with Gasteiger partial charge in [-0.2, -0.15) is 0 Å². The van der Waals surface area contributed by atoms with E-state index in [0.29, 0.717) is 16.1 Å². The van der Waals surface area contributed by atoms with E-state index >= 15 is 0 Å². The number of hydrogen-bond acceptors (Lipinski definition) is 3. The molecule has 0 atom stereocenters. The summed E-state index contributed by atoms with van der Waals surface area (Å²) in [5.41, 5.74) is 0. The lowest BCUT2D eigenvalue weighted by Gasteiger charge is -2.35. The number of aryl methyl sites for hydroxylation is 1. The molecule has 6 heteroatoms. The van der Waals surface area contributed by atoms with Crippen LogP contribution in [0.15, 0.2) is 10.7 Å². The molecule has 0 saturated heterocycles. The Kier molecular flexibility index (Phi) is 2.62. The number of nitrogens with one attached hydrogen (secondary N) is 1. The summed E-state index contributed by atoms with van der Waals surface area (Å²) in [6.07, 6.45) is 1.37. The molecular weight excluding hydrogens is 268 g/mol. The molecule has 0 aliphatic heterocycles. The Labute approximate surface area is 94.4 Å². The van der Waals surface area contributed by atoms with Gasteiger partial charge in [-0.05, 0) is 22.9 Å². The standard InChI is InChI=1S/C9H10BrF2N3/c1-5-13-4-7(10)8(14-5)15-6-2-9(11,12)3-6/h4,6H,2-3H2,1H3,(H,13,14,15). The SMILES string of the molecule is Cc1ncc(Br)c(NC2CC(F)(F)C2)n1. The van der Waals surface area contributed by atoms with Gasteiger partial charge in [0.25, 0.3) is 5.92 Å². The molecule has 0 aromatic carbocycles. The number of aromatic nitrogens is 2. The van der Waals surface area contributed by atoms with Crippen molar-refractivity contribution in [1.29, 1.82) is 0 Å². The lowest BCUT2D eigenvalue weighted by molar-refractivity contribution is -0.0794. The Morgan fingerprint density at radius 2 is 2.20 bits per heavy atom. The zero-order valence-corrected chi connectivity index (χ0v) is 9.68. The molecule has 1 aromatic heterocycles. The van der Waals surface area contributed by atoms with Crippen LogP contribution in [0.25, 0.3) is 0 Å². The topological polar surface area (TPSA) is 37.8 Å². The molecule has 2 rings (SSSR count). The first-order chi connectivity index (χ1) is 6.96. The molecule has 0 amide bonds. The fourth-order valence-corrected chi connectivity index (χ4v) is 1.82. The highest BCUT2D eigenvalue weighted by atomic mass is 79.9. The van der Waals surface area contributed by atoms with Crippen molar-refractivity contribution in [2.24, 2.45) is 0 Å². The van der Waals surface area contributed by atoms with Gasteiger partial charge in [-0.15, -0.1) is 0 Å². The normalized spacial score (nSPS) is 19.7. The van der Waals surface area contributed by atoms with E-state index in [2.05, 4.69) is 31.2 Å². The van der Waals surface area contributed by atoms with Gasteiger partial charge in [0.15, 0.2) is 0 Å². The summed E-state index contributed by atoms with van der Waals surface area (Å²) in [6, 6.07) is -0.189. The fraction of sp³-hybridized carbons (Fsp3) is 0.556. The second kappa shape index (κ2) is 3.66. The fourth-order valence-electron chi connectivity index (χ4n) is 1.51. The van der Waals surface area contributed by atoms with Crippen LogP contribution in [0, 0.1) is 6.92 Å². The second-order valence-electron chi connectivity index (χ2n) is 3.72. The first-order valence-electron chi connectivity index (χ1n) is 4.60. The molecule has 1 aliphatic rings. The molecule has 1 fully saturated rings. The summed E-state index contributed by atoms with van der Waals surface area (Å²) in [5, 5.41) is 2.97. The molecule has 0 unspecified atom stereocenters. The average molecular weight is 278 g/mol. The molecule has 0 bridgehead atoms. The van der Waals surface area contributed by atoms with E-state index in [9.17, 15) is 8.78 Å². The smallest absolute Gasteiger partial charge is 0.252 e. The van der Waals surface area contributed by atoms with E-state index in [1.54, 1.807) is 13.1 Å².